The van der Waals surface area contributed by atoms with Crippen LogP contribution in [0.3, 0.4) is 0 Å². The average Bonchev–Trinajstić information content (AvgIpc) is 3.90. The number of carboxylic acid groups (broad SMARTS) is 1. The first-order valence-corrected chi connectivity index (χ1v) is 18.5. The third kappa shape index (κ3) is 7.62. The molecule has 52 heavy (non-hydrogen) atoms. The third-order valence-electron chi connectivity index (χ3n) is 10.5. The fraction of sp³-hybridized carbons (Fsp3) is 0.400. The van der Waals surface area contributed by atoms with Gasteiger partial charge in [-0.1, -0.05) is 65.7 Å². The minimum Gasteiger partial charge on any atom is -0.481 e. The van der Waals surface area contributed by atoms with E-state index in [9.17, 15) is 14.7 Å². The molecule has 2 aromatic heterocycles. The quantitative estimate of drug-likeness (QED) is 0.142. The fourth-order valence-electron chi connectivity index (χ4n) is 7.76. The second-order valence-corrected chi connectivity index (χ2v) is 14.6. The Morgan fingerprint density at radius 1 is 0.923 bits per heavy atom. The van der Waals surface area contributed by atoms with Gasteiger partial charge >= 0.3 is 5.97 Å². The molecule has 2 aliphatic carbocycles. The summed E-state index contributed by atoms with van der Waals surface area (Å²) in [4.78, 5) is 34.6. The predicted octanol–water partition coefficient (Wildman–Crippen LogP) is 7.57. The molecule has 3 heterocycles. The molecule has 1 saturated carbocycles. The van der Waals surface area contributed by atoms with Crippen molar-refractivity contribution in [2.75, 3.05) is 33.9 Å². The maximum atomic E-state index is 11.6. The number of likely N-dealkylation sites (tertiary alicyclic amines) is 1. The highest BCUT2D eigenvalue weighted by Gasteiger charge is 2.31. The van der Waals surface area contributed by atoms with Gasteiger partial charge in [-0.25, -0.2) is 4.98 Å². The highest BCUT2D eigenvalue weighted by molar-refractivity contribution is 6.36. The van der Waals surface area contributed by atoms with Crippen LogP contribution in [0, 0.1) is 11.8 Å². The number of Topliss-reactive ketones (excluding diaryl/α,β-unsaturated/α-hetero) is 1. The van der Waals surface area contributed by atoms with Crippen molar-refractivity contribution >= 4 is 35.0 Å². The summed E-state index contributed by atoms with van der Waals surface area (Å²) < 4.78 is 17.8. The lowest BCUT2D eigenvalue weighted by Gasteiger charge is -2.20. The molecular formula is C40H42Cl2N4O6. The Morgan fingerprint density at radius 3 is 2.44 bits per heavy atom. The van der Waals surface area contributed by atoms with E-state index < -0.39 is 5.97 Å². The van der Waals surface area contributed by atoms with E-state index in [4.69, 9.17) is 42.4 Å². The van der Waals surface area contributed by atoms with Crippen LogP contribution in [0.2, 0.25) is 10.0 Å². The van der Waals surface area contributed by atoms with Crippen molar-refractivity contribution in [3.63, 3.8) is 0 Å². The van der Waals surface area contributed by atoms with E-state index in [1.807, 2.05) is 36.4 Å². The van der Waals surface area contributed by atoms with Crippen LogP contribution >= 0.6 is 23.2 Å². The van der Waals surface area contributed by atoms with E-state index in [0.29, 0.717) is 90.5 Å². The molecule has 12 heteroatoms. The van der Waals surface area contributed by atoms with Crippen molar-refractivity contribution in [3.05, 3.63) is 86.9 Å². The van der Waals surface area contributed by atoms with E-state index in [-0.39, 0.29) is 12.0 Å². The Bertz CT molecular complexity index is 1990. The van der Waals surface area contributed by atoms with Crippen molar-refractivity contribution in [3.8, 4) is 40.0 Å². The minimum atomic E-state index is -0.771. The summed E-state index contributed by atoms with van der Waals surface area (Å²) in [5.74, 6) is 0.833. The van der Waals surface area contributed by atoms with Gasteiger partial charge in [-0.3, -0.25) is 14.5 Å². The van der Waals surface area contributed by atoms with E-state index >= 15 is 0 Å². The molecular weight excluding hydrogens is 703 g/mol. The van der Waals surface area contributed by atoms with Gasteiger partial charge < -0.3 is 24.6 Å². The first kappa shape index (κ1) is 36.2. The number of aromatic nitrogens is 2. The van der Waals surface area contributed by atoms with E-state index in [0.717, 1.165) is 64.8 Å². The van der Waals surface area contributed by atoms with Gasteiger partial charge in [0.05, 0.1) is 30.9 Å². The number of nitrogens with one attached hydrogen (secondary N) is 1. The number of aliphatic carboxylic acids is 1. The van der Waals surface area contributed by atoms with E-state index in [1.165, 1.54) is 0 Å². The second-order valence-electron chi connectivity index (χ2n) is 13.8. The number of carboxylic acids is 1. The summed E-state index contributed by atoms with van der Waals surface area (Å²) in [5, 5.41) is 13.8. The van der Waals surface area contributed by atoms with E-state index in [2.05, 4.69) is 27.3 Å². The number of rotatable bonds is 13. The lowest BCUT2D eigenvalue weighted by Crippen LogP contribution is -2.23. The number of carbonyl (C=O) groups is 2. The molecule has 272 valence electrons. The van der Waals surface area contributed by atoms with Crippen LogP contribution in [0.25, 0.3) is 22.4 Å². The van der Waals surface area contributed by atoms with Crippen molar-refractivity contribution in [1.29, 1.82) is 0 Å². The maximum absolute atomic E-state index is 11.6. The van der Waals surface area contributed by atoms with Gasteiger partial charge in [0.2, 0.25) is 17.6 Å². The molecule has 10 nitrogen and oxygen atoms in total. The monoisotopic (exact) mass is 744 g/mol. The number of ketones is 1. The largest absolute Gasteiger partial charge is 0.481 e. The number of nitrogens with zero attached hydrogens (tertiary/aromatic N) is 3. The van der Waals surface area contributed by atoms with Crippen LogP contribution < -0.4 is 19.5 Å². The molecule has 0 spiro atoms. The Hall–Kier alpha value is -4.22. The fourth-order valence-corrected chi connectivity index (χ4v) is 8.30. The number of carbonyl (C=O) groups excluding carboxylic acids is 1. The topological polar surface area (TPSA) is 123 Å². The maximum Gasteiger partial charge on any atom is 0.307 e. The molecule has 0 amide bonds. The van der Waals surface area contributed by atoms with Crippen molar-refractivity contribution in [2.24, 2.45) is 11.8 Å². The number of halogens is 2. The zero-order valence-electron chi connectivity index (χ0n) is 29.3. The standard InChI is InChI=1S/C40H42Cl2N4O6/c1-50-37-24(20-43-19-23-9-11-27(47)17-23)10-13-34(44-37)32-8-4-7-31(36(32)42)28-5-3-6-30-29(28)12-14-35(30)52-39-33(41)18-26(38(45-39)51-2)22-46-16-15-25(21-46)40(48)49/h3-8,10,13,18,23,25,35,43H,9,11-12,14-17,19-22H2,1-2H3,(H,48,49)/t23-,25+,35+/m1/s1. The Morgan fingerprint density at radius 2 is 1.69 bits per heavy atom. The lowest BCUT2D eigenvalue weighted by molar-refractivity contribution is -0.141. The number of benzene rings is 2. The number of pyridine rings is 2. The lowest BCUT2D eigenvalue weighted by atomic mass is 9.94. The van der Waals surface area contributed by atoms with Crippen molar-refractivity contribution < 1.29 is 28.9 Å². The smallest absolute Gasteiger partial charge is 0.307 e. The Kier molecular flexibility index (Phi) is 11.0. The summed E-state index contributed by atoms with van der Waals surface area (Å²) in [5.41, 5.74) is 7.39. The Labute approximate surface area is 313 Å². The molecule has 2 aromatic carbocycles. The zero-order chi connectivity index (χ0) is 36.4. The van der Waals surface area contributed by atoms with Crippen LogP contribution in [-0.2, 0) is 29.1 Å². The number of methoxy groups -OCH3 is 2. The highest BCUT2D eigenvalue weighted by Crippen LogP contribution is 2.45. The summed E-state index contributed by atoms with van der Waals surface area (Å²) >= 11 is 13.9. The first-order chi connectivity index (χ1) is 25.2. The molecule has 1 aliphatic heterocycles. The number of fused-ring (bicyclic) bond motifs is 1. The summed E-state index contributed by atoms with van der Waals surface area (Å²) in [6.07, 6.45) is 4.15. The first-order valence-electron chi connectivity index (χ1n) is 17.7. The van der Waals surface area contributed by atoms with E-state index in [1.54, 1.807) is 20.3 Å². The molecule has 7 rings (SSSR count). The summed E-state index contributed by atoms with van der Waals surface area (Å²) in [6, 6.07) is 18.0. The molecule has 0 unspecified atom stereocenters. The van der Waals surface area contributed by atoms with Gasteiger partial charge in [0.1, 0.15) is 16.9 Å². The van der Waals surface area contributed by atoms with Crippen molar-refractivity contribution in [2.45, 2.75) is 57.7 Å². The van der Waals surface area contributed by atoms with Crippen LogP contribution in [0.1, 0.15) is 60.5 Å². The van der Waals surface area contributed by atoms with Crippen molar-refractivity contribution in [1.82, 2.24) is 20.2 Å². The van der Waals surface area contributed by atoms with Crippen LogP contribution in [0.4, 0.5) is 0 Å². The number of ether oxygens (including phenoxy) is 3. The minimum absolute atomic E-state index is 0.270. The number of hydrogen-bond donors (Lipinski definition) is 2. The van der Waals surface area contributed by atoms with Gasteiger partial charge in [-0.15, -0.1) is 0 Å². The SMILES string of the molecule is COc1nc(-c2cccc(-c3cccc4c3CC[C@@H]4Oc3nc(OC)c(CN4CC[C@H](C(=O)O)C4)cc3Cl)c2Cl)ccc1CNC[C@@H]1CCC(=O)C1. The molecule has 3 aliphatic rings. The number of hydrogen-bond acceptors (Lipinski definition) is 9. The molecule has 0 radical (unpaired) electrons. The molecule has 2 N–H and O–H groups in total. The van der Waals surface area contributed by atoms with Crippen LogP contribution in [0.15, 0.2) is 54.6 Å². The average molecular weight is 746 g/mol. The normalized spacial score (nSPS) is 19.9. The highest BCUT2D eigenvalue weighted by atomic mass is 35.5. The zero-order valence-corrected chi connectivity index (χ0v) is 30.8. The van der Waals surface area contributed by atoms with Gasteiger partial charge in [0.25, 0.3) is 0 Å². The summed E-state index contributed by atoms with van der Waals surface area (Å²) in [6.45, 7) is 3.04. The predicted molar refractivity (Wildman–Crippen MR) is 199 cm³/mol. The van der Waals surface area contributed by atoms with Gasteiger partial charge in [-0.05, 0) is 73.5 Å². The summed E-state index contributed by atoms with van der Waals surface area (Å²) in [7, 11) is 3.18. The van der Waals surface area contributed by atoms with Gasteiger partial charge in [0.15, 0.2) is 0 Å². The molecule has 0 bridgehead atoms. The second kappa shape index (κ2) is 15.8. The molecule has 2 fully saturated rings. The molecule has 3 atom stereocenters. The molecule has 1 saturated heterocycles. The van der Waals surface area contributed by atoms with Gasteiger partial charge in [-0.2, -0.15) is 4.98 Å². The van der Waals surface area contributed by atoms with Crippen LogP contribution in [0.5, 0.6) is 17.6 Å². The van der Waals surface area contributed by atoms with Crippen LogP contribution in [-0.4, -0.2) is 65.6 Å². The Balaban J connectivity index is 1.08. The third-order valence-corrected chi connectivity index (χ3v) is 11.1. The molecule has 4 aromatic rings. The van der Waals surface area contributed by atoms with Gasteiger partial charge in [0, 0.05) is 54.7 Å².